The second-order valence-corrected chi connectivity index (χ2v) is 4.98. The maximum atomic E-state index is 12.2. The monoisotopic (exact) mass is 311 g/mol. The molecule has 0 spiro atoms. The number of aryl methyl sites for hydroxylation is 2. The number of phenols is 1. The maximum absolute atomic E-state index is 12.2. The molecule has 0 fully saturated rings. The molecular formula is C17H17N3O3. The van der Waals surface area contributed by atoms with Gasteiger partial charge in [0.2, 0.25) is 0 Å². The van der Waals surface area contributed by atoms with Crippen LogP contribution >= 0.6 is 0 Å². The Kier molecular flexibility index (Phi) is 4.82. The summed E-state index contributed by atoms with van der Waals surface area (Å²) in [5, 5.41) is 22.9. The zero-order valence-electron chi connectivity index (χ0n) is 13.2. The number of ether oxygens (including phenoxy) is 1. The highest BCUT2D eigenvalue weighted by atomic mass is 16.5. The second kappa shape index (κ2) is 6.79. The van der Waals surface area contributed by atoms with E-state index in [4.69, 9.17) is 10.00 Å². The van der Waals surface area contributed by atoms with Crippen molar-refractivity contribution in [1.29, 1.82) is 5.26 Å². The van der Waals surface area contributed by atoms with Gasteiger partial charge in [-0.15, -0.1) is 0 Å². The molecule has 0 aliphatic heterocycles. The molecule has 1 aromatic carbocycles. The fourth-order valence-corrected chi connectivity index (χ4v) is 2.17. The van der Waals surface area contributed by atoms with Crippen LogP contribution in [0.15, 0.2) is 34.2 Å². The molecule has 0 unspecified atom stereocenters. The topological polar surface area (TPSA) is 87.6 Å². The fourth-order valence-electron chi connectivity index (χ4n) is 2.17. The number of hydrogen-bond donors (Lipinski definition) is 1. The van der Waals surface area contributed by atoms with Gasteiger partial charge in [0.1, 0.15) is 11.6 Å². The molecule has 0 aliphatic carbocycles. The average molecular weight is 311 g/mol. The predicted molar refractivity (Wildman–Crippen MR) is 87.2 cm³/mol. The minimum absolute atomic E-state index is 0.0412. The van der Waals surface area contributed by atoms with E-state index >= 15 is 0 Å². The second-order valence-electron chi connectivity index (χ2n) is 4.98. The van der Waals surface area contributed by atoms with Gasteiger partial charge in [-0.05, 0) is 56.2 Å². The Morgan fingerprint density at radius 1 is 1.39 bits per heavy atom. The Balaban J connectivity index is 2.44. The highest BCUT2D eigenvalue weighted by Gasteiger charge is 2.09. The molecule has 6 nitrogen and oxygen atoms in total. The van der Waals surface area contributed by atoms with Crippen LogP contribution < -0.4 is 10.3 Å². The number of rotatable bonds is 4. The summed E-state index contributed by atoms with van der Waals surface area (Å²) in [5.41, 5.74) is 1.55. The van der Waals surface area contributed by atoms with Crippen LogP contribution in [-0.2, 0) is 0 Å². The molecule has 6 heteroatoms. The summed E-state index contributed by atoms with van der Waals surface area (Å²) < 4.78 is 6.49. The van der Waals surface area contributed by atoms with Crippen LogP contribution in [0, 0.1) is 25.2 Å². The third-order valence-corrected chi connectivity index (χ3v) is 3.28. The number of phenolic OH excluding ortho intramolecular Hbond substituents is 1. The summed E-state index contributed by atoms with van der Waals surface area (Å²) in [7, 11) is 0. The first-order chi connectivity index (χ1) is 11.0. The Labute approximate surface area is 133 Å². The molecule has 0 saturated heterocycles. The van der Waals surface area contributed by atoms with E-state index in [1.54, 1.807) is 32.0 Å². The minimum Gasteiger partial charge on any atom is -0.504 e. The third kappa shape index (κ3) is 3.40. The largest absolute Gasteiger partial charge is 0.504 e. The van der Waals surface area contributed by atoms with Crippen LogP contribution in [0.5, 0.6) is 11.5 Å². The molecule has 0 bridgehead atoms. The molecule has 1 heterocycles. The lowest BCUT2D eigenvalue weighted by molar-refractivity contribution is 0.318. The Bertz CT molecular complexity index is 861. The lowest BCUT2D eigenvalue weighted by atomic mass is 10.1. The number of aromatic nitrogens is 1. The molecule has 2 aromatic rings. The zero-order chi connectivity index (χ0) is 17.0. The molecule has 0 aliphatic rings. The van der Waals surface area contributed by atoms with E-state index in [1.165, 1.54) is 17.0 Å². The smallest absolute Gasteiger partial charge is 0.289 e. The fraction of sp³-hybridized carbons (Fsp3) is 0.235. The highest BCUT2D eigenvalue weighted by Crippen LogP contribution is 2.26. The Hall–Kier alpha value is -3.07. The van der Waals surface area contributed by atoms with Crippen molar-refractivity contribution in [1.82, 2.24) is 4.68 Å². The van der Waals surface area contributed by atoms with Crippen LogP contribution in [0.4, 0.5) is 0 Å². The first kappa shape index (κ1) is 16.3. The van der Waals surface area contributed by atoms with E-state index in [2.05, 4.69) is 5.10 Å². The van der Waals surface area contributed by atoms with E-state index in [1.807, 2.05) is 13.0 Å². The van der Waals surface area contributed by atoms with Gasteiger partial charge in [0, 0.05) is 5.69 Å². The molecule has 23 heavy (non-hydrogen) atoms. The van der Waals surface area contributed by atoms with Crippen molar-refractivity contribution in [2.24, 2.45) is 5.10 Å². The molecule has 0 amide bonds. The Morgan fingerprint density at radius 2 is 2.13 bits per heavy atom. The first-order valence-corrected chi connectivity index (χ1v) is 7.11. The lowest BCUT2D eigenvalue weighted by Gasteiger charge is -2.07. The lowest BCUT2D eigenvalue weighted by Crippen LogP contribution is -2.22. The molecule has 0 atom stereocenters. The third-order valence-electron chi connectivity index (χ3n) is 3.28. The van der Waals surface area contributed by atoms with Crippen molar-refractivity contribution in [2.75, 3.05) is 6.61 Å². The predicted octanol–water partition coefficient (Wildman–Crippen LogP) is 2.32. The summed E-state index contributed by atoms with van der Waals surface area (Å²) in [6.07, 6.45) is 1.48. The quantitative estimate of drug-likeness (QED) is 0.878. The van der Waals surface area contributed by atoms with E-state index in [-0.39, 0.29) is 11.3 Å². The number of pyridine rings is 1. The molecule has 118 valence electrons. The van der Waals surface area contributed by atoms with E-state index in [0.717, 1.165) is 0 Å². The van der Waals surface area contributed by atoms with Crippen molar-refractivity contribution in [2.45, 2.75) is 20.8 Å². The van der Waals surface area contributed by atoms with Crippen molar-refractivity contribution < 1.29 is 9.84 Å². The van der Waals surface area contributed by atoms with Crippen molar-refractivity contribution in [3.05, 3.63) is 57.0 Å². The number of aromatic hydroxyl groups is 1. The van der Waals surface area contributed by atoms with Crippen molar-refractivity contribution in [3.63, 3.8) is 0 Å². The molecule has 0 radical (unpaired) electrons. The van der Waals surface area contributed by atoms with Crippen LogP contribution in [0.3, 0.4) is 0 Å². The van der Waals surface area contributed by atoms with Crippen molar-refractivity contribution in [3.8, 4) is 17.6 Å². The number of hydrogen-bond acceptors (Lipinski definition) is 5. The summed E-state index contributed by atoms with van der Waals surface area (Å²) >= 11 is 0. The first-order valence-electron chi connectivity index (χ1n) is 7.11. The van der Waals surface area contributed by atoms with Crippen LogP contribution in [0.1, 0.15) is 29.3 Å². The average Bonchev–Trinajstić information content (AvgIpc) is 2.50. The minimum atomic E-state index is -0.454. The van der Waals surface area contributed by atoms with Gasteiger partial charge in [0.05, 0.1) is 12.8 Å². The van der Waals surface area contributed by atoms with Gasteiger partial charge in [0.15, 0.2) is 11.5 Å². The highest BCUT2D eigenvalue weighted by molar-refractivity contribution is 5.80. The van der Waals surface area contributed by atoms with Gasteiger partial charge in [-0.1, -0.05) is 0 Å². The van der Waals surface area contributed by atoms with E-state index < -0.39 is 5.56 Å². The van der Waals surface area contributed by atoms with Gasteiger partial charge in [-0.25, -0.2) is 4.68 Å². The number of nitriles is 1. The van der Waals surface area contributed by atoms with E-state index in [9.17, 15) is 9.90 Å². The summed E-state index contributed by atoms with van der Waals surface area (Å²) in [4.78, 5) is 12.2. The summed E-state index contributed by atoms with van der Waals surface area (Å²) in [5.74, 6) is 0.390. The molecular weight excluding hydrogens is 294 g/mol. The van der Waals surface area contributed by atoms with Gasteiger partial charge in [-0.2, -0.15) is 10.4 Å². The number of benzene rings is 1. The van der Waals surface area contributed by atoms with Crippen molar-refractivity contribution >= 4 is 6.21 Å². The molecule has 2 rings (SSSR count). The van der Waals surface area contributed by atoms with Crippen LogP contribution in [0.25, 0.3) is 0 Å². The van der Waals surface area contributed by atoms with Gasteiger partial charge >= 0.3 is 0 Å². The molecule has 0 saturated carbocycles. The maximum Gasteiger partial charge on any atom is 0.289 e. The SMILES string of the molecule is CCOc1cc(/C=N/n2c(C)cc(C)c(C#N)c2=O)ccc1O. The molecule has 1 N–H and O–H groups in total. The number of nitrogens with zero attached hydrogens (tertiary/aromatic N) is 3. The van der Waals surface area contributed by atoms with Crippen LogP contribution in [0.2, 0.25) is 0 Å². The van der Waals surface area contributed by atoms with Gasteiger partial charge in [0.25, 0.3) is 5.56 Å². The van der Waals surface area contributed by atoms with Gasteiger partial charge in [-0.3, -0.25) is 4.79 Å². The molecule has 1 aromatic heterocycles. The van der Waals surface area contributed by atoms with Gasteiger partial charge < -0.3 is 9.84 Å². The Morgan fingerprint density at radius 3 is 2.78 bits per heavy atom. The summed E-state index contributed by atoms with van der Waals surface area (Å²) in [6.45, 7) is 5.71. The normalized spacial score (nSPS) is 10.7. The van der Waals surface area contributed by atoms with Crippen LogP contribution in [-0.4, -0.2) is 22.6 Å². The zero-order valence-corrected chi connectivity index (χ0v) is 13.2. The summed E-state index contributed by atoms with van der Waals surface area (Å²) in [6, 6.07) is 8.42. The van der Waals surface area contributed by atoms with E-state index in [0.29, 0.717) is 29.2 Å². The standard InChI is InChI=1S/C17H17N3O3/c1-4-23-16-8-13(5-6-15(16)21)10-19-20-12(3)7-11(2)14(9-18)17(20)22/h5-8,10,21H,4H2,1-3H3/b19-10+.